The second-order valence-electron chi connectivity index (χ2n) is 8.77. The van der Waals surface area contributed by atoms with Crippen LogP contribution in [0, 0.1) is 0 Å². The minimum Gasteiger partial charge on any atom is -0.352 e. The summed E-state index contributed by atoms with van der Waals surface area (Å²) >= 11 is 18.1. The number of benzene rings is 2. The number of sulfonamides is 1. The normalized spacial score (nSPS) is 12.3. The number of carbonyl (C=O) groups is 2. The molecule has 2 aromatic carbocycles. The van der Waals surface area contributed by atoms with Gasteiger partial charge in [-0.15, -0.1) is 0 Å². The fraction of sp³-hybridized carbons (Fsp3) is 0.440. The number of anilines is 1. The molecule has 1 atom stereocenters. The zero-order valence-corrected chi connectivity index (χ0v) is 23.9. The third-order valence-electron chi connectivity index (χ3n) is 5.42. The lowest BCUT2D eigenvalue weighted by atomic mass is 10.1. The van der Waals surface area contributed by atoms with Gasteiger partial charge in [-0.2, -0.15) is 0 Å². The van der Waals surface area contributed by atoms with Crippen molar-refractivity contribution in [3.05, 3.63) is 63.1 Å². The number of nitrogens with zero attached hydrogens (tertiary/aromatic N) is 2. The predicted molar refractivity (Wildman–Crippen MR) is 147 cm³/mol. The summed E-state index contributed by atoms with van der Waals surface area (Å²) in [4.78, 5) is 27.8. The van der Waals surface area contributed by atoms with Gasteiger partial charge in [0.1, 0.15) is 6.04 Å². The van der Waals surface area contributed by atoms with E-state index in [-0.39, 0.29) is 43.8 Å². The molecule has 2 rings (SSSR count). The van der Waals surface area contributed by atoms with Crippen molar-refractivity contribution in [2.24, 2.45) is 0 Å². The molecule has 0 aromatic heterocycles. The molecule has 7 nitrogen and oxygen atoms in total. The third kappa shape index (κ3) is 8.83. The lowest BCUT2D eigenvalue weighted by Gasteiger charge is -2.31. The number of carbonyl (C=O) groups excluding carboxylic acids is 2. The predicted octanol–water partition coefficient (Wildman–Crippen LogP) is 5.53. The van der Waals surface area contributed by atoms with Crippen LogP contribution in [0.25, 0.3) is 0 Å². The molecule has 11 heteroatoms. The highest BCUT2D eigenvalue weighted by molar-refractivity contribution is 7.92. The quantitative estimate of drug-likeness (QED) is 0.360. The standard InChI is InChI=1S/C25H32Cl3N3O4S/c1-5-23(25(33)29-17(2)3)30(16-18-8-13-21(27)22(28)15-18)24(32)7-6-14-31(36(4,34)35)20-11-9-19(26)10-12-20/h8-13,15,17,23H,5-7,14,16H2,1-4H3,(H,29,33). The largest absolute Gasteiger partial charge is 0.352 e. The molecule has 2 aromatic rings. The molecule has 0 saturated carbocycles. The first-order chi connectivity index (χ1) is 16.8. The molecule has 1 unspecified atom stereocenters. The molecule has 0 bridgehead atoms. The Labute approximate surface area is 228 Å². The van der Waals surface area contributed by atoms with Gasteiger partial charge < -0.3 is 10.2 Å². The van der Waals surface area contributed by atoms with E-state index >= 15 is 0 Å². The molecule has 0 aliphatic heterocycles. The van der Waals surface area contributed by atoms with Crippen LogP contribution in [-0.2, 0) is 26.2 Å². The monoisotopic (exact) mass is 575 g/mol. The molecule has 0 fully saturated rings. The summed E-state index contributed by atoms with van der Waals surface area (Å²) in [6.45, 7) is 5.80. The van der Waals surface area contributed by atoms with E-state index in [0.717, 1.165) is 11.8 Å². The van der Waals surface area contributed by atoms with Crippen LogP contribution in [0.1, 0.15) is 45.6 Å². The number of hydrogen-bond donors (Lipinski definition) is 1. The van der Waals surface area contributed by atoms with Crippen molar-refractivity contribution in [2.75, 3.05) is 17.1 Å². The zero-order valence-electron chi connectivity index (χ0n) is 20.8. The van der Waals surface area contributed by atoms with Gasteiger partial charge in [-0.25, -0.2) is 8.42 Å². The Kier molecular flexibility index (Phi) is 11.3. The van der Waals surface area contributed by atoms with E-state index in [9.17, 15) is 18.0 Å². The Hall–Kier alpha value is -2.00. The summed E-state index contributed by atoms with van der Waals surface area (Å²) in [7, 11) is -3.58. The van der Waals surface area contributed by atoms with E-state index in [1.807, 2.05) is 20.8 Å². The smallest absolute Gasteiger partial charge is 0.243 e. The molecule has 0 aliphatic rings. The Morgan fingerprint density at radius 1 is 1.00 bits per heavy atom. The SMILES string of the molecule is CCC(C(=O)NC(C)C)N(Cc1ccc(Cl)c(Cl)c1)C(=O)CCCN(c1ccc(Cl)cc1)S(C)(=O)=O. The summed E-state index contributed by atoms with van der Waals surface area (Å²) in [6, 6.07) is 10.7. The lowest BCUT2D eigenvalue weighted by Crippen LogP contribution is -2.50. The summed E-state index contributed by atoms with van der Waals surface area (Å²) in [6.07, 6.45) is 1.83. The third-order valence-corrected chi connectivity index (χ3v) is 7.61. The van der Waals surface area contributed by atoms with E-state index < -0.39 is 16.1 Å². The second-order valence-corrected chi connectivity index (χ2v) is 11.9. The van der Waals surface area contributed by atoms with E-state index in [4.69, 9.17) is 34.8 Å². The van der Waals surface area contributed by atoms with Crippen LogP contribution in [0.2, 0.25) is 15.1 Å². The van der Waals surface area contributed by atoms with Crippen LogP contribution in [0.15, 0.2) is 42.5 Å². The maximum Gasteiger partial charge on any atom is 0.243 e. The van der Waals surface area contributed by atoms with Gasteiger partial charge in [-0.3, -0.25) is 13.9 Å². The Morgan fingerprint density at radius 3 is 2.17 bits per heavy atom. The second kappa shape index (κ2) is 13.5. The molecule has 0 saturated heterocycles. The fourth-order valence-electron chi connectivity index (χ4n) is 3.75. The first-order valence-electron chi connectivity index (χ1n) is 11.6. The van der Waals surface area contributed by atoms with Crippen molar-refractivity contribution in [2.45, 2.75) is 58.7 Å². The van der Waals surface area contributed by atoms with Gasteiger partial charge >= 0.3 is 0 Å². The maximum absolute atomic E-state index is 13.4. The van der Waals surface area contributed by atoms with E-state index in [0.29, 0.717) is 27.2 Å². The molecule has 36 heavy (non-hydrogen) atoms. The highest BCUT2D eigenvalue weighted by Gasteiger charge is 2.29. The van der Waals surface area contributed by atoms with Crippen molar-refractivity contribution < 1.29 is 18.0 Å². The molecule has 0 radical (unpaired) electrons. The van der Waals surface area contributed by atoms with Gasteiger partial charge in [0.15, 0.2) is 0 Å². The van der Waals surface area contributed by atoms with Crippen LogP contribution < -0.4 is 9.62 Å². The molecule has 0 spiro atoms. The van der Waals surface area contributed by atoms with Gasteiger partial charge in [0.05, 0.1) is 22.0 Å². The van der Waals surface area contributed by atoms with Gasteiger partial charge in [0.2, 0.25) is 21.8 Å². The van der Waals surface area contributed by atoms with Gasteiger partial charge in [0.25, 0.3) is 0 Å². The minimum atomic E-state index is -3.58. The van der Waals surface area contributed by atoms with Crippen LogP contribution >= 0.6 is 34.8 Å². The van der Waals surface area contributed by atoms with Crippen LogP contribution in [0.5, 0.6) is 0 Å². The van der Waals surface area contributed by atoms with E-state index in [1.165, 1.54) is 9.21 Å². The van der Waals surface area contributed by atoms with Crippen molar-refractivity contribution >= 4 is 62.3 Å². The molecule has 198 valence electrons. The molecule has 0 heterocycles. The van der Waals surface area contributed by atoms with Crippen molar-refractivity contribution in [3.63, 3.8) is 0 Å². The first-order valence-corrected chi connectivity index (χ1v) is 14.6. The Morgan fingerprint density at radius 2 is 1.64 bits per heavy atom. The summed E-state index contributed by atoms with van der Waals surface area (Å²) in [5.41, 5.74) is 1.19. The minimum absolute atomic E-state index is 0.0480. The molecular formula is C25H32Cl3N3O4S. The van der Waals surface area contributed by atoms with Gasteiger partial charge in [-0.1, -0.05) is 47.8 Å². The summed E-state index contributed by atoms with van der Waals surface area (Å²) in [5.74, 6) is -0.517. The van der Waals surface area contributed by atoms with Gasteiger partial charge in [-0.05, 0) is 68.7 Å². The van der Waals surface area contributed by atoms with Crippen LogP contribution in [0.4, 0.5) is 5.69 Å². The highest BCUT2D eigenvalue weighted by atomic mass is 35.5. The average Bonchev–Trinajstić information content (AvgIpc) is 2.78. The number of amides is 2. The van der Waals surface area contributed by atoms with Crippen LogP contribution in [0.3, 0.4) is 0 Å². The number of halogens is 3. The van der Waals surface area contributed by atoms with Crippen molar-refractivity contribution in [3.8, 4) is 0 Å². The van der Waals surface area contributed by atoms with Gasteiger partial charge in [0, 0.05) is 30.6 Å². The Bertz CT molecular complexity index is 1160. The fourth-order valence-corrected chi connectivity index (χ4v) is 5.16. The summed E-state index contributed by atoms with van der Waals surface area (Å²) < 4.78 is 26.0. The number of rotatable bonds is 12. The van der Waals surface area contributed by atoms with E-state index in [1.54, 1.807) is 42.5 Å². The van der Waals surface area contributed by atoms with Crippen molar-refractivity contribution in [1.29, 1.82) is 0 Å². The summed E-state index contributed by atoms with van der Waals surface area (Å²) in [5, 5.41) is 4.12. The maximum atomic E-state index is 13.4. The average molecular weight is 577 g/mol. The Balaban J connectivity index is 2.23. The van der Waals surface area contributed by atoms with E-state index in [2.05, 4.69) is 5.32 Å². The molecular weight excluding hydrogens is 545 g/mol. The lowest BCUT2D eigenvalue weighted by molar-refractivity contribution is -0.141. The number of nitrogens with one attached hydrogen (secondary N) is 1. The molecule has 1 N–H and O–H groups in total. The van der Waals surface area contributed by atoms with Crippen LogP contribution in [-0.4, -0.2) is 50.0 Å². The zero-order chi connectivity index (χ0) is 27.0. The highest BCUT2D eigenvalue weighted by Crippen LogP contribution is 2.25. The van der Waals surface area contributed by atoms with Crippen molar-refractivity contribution in [1.82, 2.24) is 10.2 Å². The molecule has 0 aliphatic carbocycles. The number of hydrogen-bond acceptors (Lipinski definition) is 4. The molecule has 2 amide bonds. The topological polar surface area (TPSA) is 86.8 Å². The first kappa shape index (κ1) is 30.2.